The van der Waals surface area contributed by atoms with Crippen molar-refractivity contribution in [1.82, 2.24) is 25.7 Å². The normalized spacial score (nSPS) is 20.7. The lowest BCUT2D eigenvalue weighted by atomic mass is 9.99. The maximum Gasteiger partial charge on any atom is 0.272 e. The van der Waals surface area contributed by atoms with Crippen molar-refractivity contribution in [2.45, 2.75) is 25.1 Å². The third-order valence-corrected chi connectivity index (χ3v) is 5.46. The van der Waals surface area contributed by atoms with Gasteiger partial charge in [0.15, 0.2) is 5.69 Å². The maximum atomic E-state index is 13.0. The third-order valence-electron chi connectivity index (χ3n) is 5.21. The highest BCUT2D eigenvalue weighted by Gasteiger charge is 2.31. The van der Waals surface area contributed by atoms with Gasteiger partial charge in [-0.1, -0.05) is 23.7 Å². The Balaban J connectivity index is 0.00000225. The van der Waals surface area contributed by atoms with Crippen LogP contribution in [0, 0.1) is 0 Å². The smallest absolute Gasteiger partial charge is 0.272 e. The summed E-state index contributed by atoms with van der Waals surface area (Å²) in [4.78, 5) is 15.2. The molecule has 2 aromatic rings. The van der Waals surface area contributed by atoms with Gasteiger partial charge < -0.3 is 20.3 Å². The number of carbonyl (C=O) groups is 1. The van der Waals surface area contributed by atoms with Gasteiger partial charge in [-0.25, -0.2) is 0 Å². The molecule has 152 valence electrons. The summed E-state index contributed by atoms with van der Waals surface area (Å²) in [6.45, 7) is 3.82. The maximum absolute atomic E-state index is 13.0. The number of carbonyl (C=O) groups excluding carboxylic acids is 1. The number of morpholine rings is 1. The fourth-order valence-electron chi connectivity index (χ4n) is 3.70. The molecule has 1 saturated heterocycles. The molecule has 9 heteroatoms. The number of ether oxygens (including phenoxy) is 1. The number of fused-ring (bicyclic) bond motifs is 1. The molecule has 0 spiro atoms. The molecule has 0 bridgehead atoms. The molecule has 7 nitrogen and oxygen atoms in total. The lowest BCUT2D eigenvalue weighted by Crippen LogP contribution is -2.48. The Hall–Kier alpha value is -1.64. The van der Waals surface area contributed by atoms with E-state index in [1.807, 2.05) is 24.3 Å². The first-order valence-electron chi connectivity index (χ1n) is 9.25. The Morgan fingerprint density at radius 3 is 2.93 bits per heavy atom. The van der Waals surface area contributed by atoms with E-state index in [0.717, 1.165) is 42.9 Å². The summed E-state index contributed by atoms with van der Waals surface area (Å²) in [5.41, 5.74) is 3.42. The van der Waals surface area contributed by atoms with Crippen LogP contribution < -0.4 is 10.6 Å². The molecule has 1 fully saturated rings. The second-order valence-corrected chi connectivity index (χ2v) is 7.57. The predicted molar refractivity (Wildman–Crippen MR) is 110 cm³/mol. The number of hydrogen-bond donors (Lipinski definition) is 3. The summed E-state index contributed by atoms with van der Waals surface area (Å²) < 4.78 is 6.00. The number of hydrogen-bond acceptors (Lipinski definition) is 5. The van der Waals surface area contributed by atoms with Gasteiger partial charge in [0.2, 0.25) is 0 Å². The Bertz CT molecular complexity index is 811. The standard InChI is InChI=1S/C19H24ClN5O2.ClH/c1-25-8-9-27-16(11-25)17(12-2-4-13(20)5-3-12)22-19(26)18-14-10-21-7-6-15(14)23-24-18;/h2-5,16-17,21H,6-11H2,1H3,(H,22,26)(H,23,24);1H. The summed E-state index contributed by atoms with van der Waals surface area (Å²) in [7, 11) is 2.06. The molecule has 2 aliphatic rings. The molecule has 0 aliphatic carbocycles. The van der Waals surface area contributed by atoms with E-state index in [1.165, 1.54) is 0 Å². The molecule has 28 heavy (non-hydrogen) atoms. The summed E-state index contributed by atoms with van der Waals surface area (Å²) in [5, 5.41) is 14.4. The van der Waals surface area contributed by atoms with Gasteiger partial charge >= 0.3 is 0 Å². The molecule has 2 atom stereocenters. The largest absolute Gasteiger partial charge is 0.373 e. The van der Waals surface area contributed by atoms with Crippen molar-refractivity contribution in [3.63, 3.8) is 0 Å². The number of rotatable bonds is 4. The highest BCUT2D eigenvalue weighted by molar-refractivity contribution is 6.30. The van der Waals surface area contributed by atoms with E-state index in [4.69, 9.17) is 16.3 Å². The average Bonchev–Trinajstić information content (AvgIpc) is 3.11. The van der Waals surface area contributed by atoms with E-state index in [0.29, 0.717) is 23.9 Å². The number of nitrogens with one attached hydrogen (secondary N) is 3. The first-order valence-corrected chi connectivity index (χ1v) is 9.63. The number of aromatic amines is 1. The number of halogens is 2. The van der Waals surface area contributed by atoms with E-state index in [9.17, 15) is 4.79 Å². The minimum Gasteiger partial charge on any atom is -0.373 e. The van der Waals surface area contributed by atoms with Crippen molar-refractivity contribution >= 4 is 29.9 Å². The number of benzene rings is 1. The molecule has 3 heterocycles. The minimum atomic E-state index is -0.276. The second-order valence-electron chi connectivity index (χ2n) is 7.13. The first-order chi connectivity index (χ1) is 13.1. The van der Waals surface area contributed by atoms with Gasteiger partial charge in [-0.05, 0) is 24.7 Å². The minimum absolute atomic E-state index is 0. The van der Waals surface area contributed by atoms with Crippen LogP contribution in [0.15, 0.2) is 24.3 Å². The van der Waals surface area contributed by atoms with Crippen molar-refractivity contribution in [3.8, 4) is 0 Å². The summed E-state index contributed by atoms with van der Waals surface area (Å²) >= 11 is 6.04. The van der Waals surface area contributed by atoms with Crippen molar-refractivity contribution < 1.29 is 9.53 Å². The van der Waals surface area contributed by atoms with E-state index in [1.54, 1.807) is 0 Å². The van der Waals surface area contributed by atoms with E-state index < -0.39 is 0 Å². The topological polar surface area (TPSA) is 82.3 Å². The Kier molecular flexibility index (Phi) is 6.95. The van der Waals surface area contributed by atoms with E-state index in [2.05, 4.69) is 32.8 Å². The summed E-state index contributed by atoms with van der Waals surface area (Å²) in [5.74, 6) is -0.187. The zero-order valence-corrected chi connectivity index (χ0v) is 17.3. The molecule has 2 aliphatic heterocycles. The van der Waals surface area contributed by atoms with Crippen LogP contribution in [-0.4, -0.2) is 60.4 Å². The fraction of sp³-hybridized carbons (Fsp3) is 0.474. The summed E-state index contributed by atoms with van der Waals surface area (Å²) in [6.07, 6.45) is 0.717. The van der Waals surface area contributed by atoms with Crippen molar-refractivity contribution in [3.05, 3.63) is 51.8 Å². The van der Waals surface area contributed by atoms with Crippen LogP contribution in [0.2, 0.25) is 5.02 Å². The van der Waals surface area contributed by atoms with Crippen LogP contribution in [0.25, 0.3) is 0 Å². The predicted octanol–water partition coefficient (Wildman–Crippen LogP) is 1.93. The molecule has 1 aromatic carbocycles. The highest BCUT2D eigenvalue weighted by atomic mass is 35.5. The van der Waals surface area contributed by atoms with Gasteiger partial charge in [0, 0.05) is 48.9 Å². The van der Waals surface area contributed by atoms with Crippen LogP contribution in [0.3, 0.4) is 0 Å². The Morgan fingerprint density at radius 2 is 2.18 bits per heavy atom. The van der Waals surface area contributed by atoms with E-state index >= 15 is 0 Å². The van der Waals surface area contributed by atoms with Crippen LogP contribution in [0.4, 0.5) is 0 Å². The number of nitrogens with zero attached hydrogens (tertiary/aromatic N) is 2. The quantitative estimate of drug-likeness (QED) is 0.696. The van der Waals surface area contributed by atoms with Crippen molar-refractivity contribution in [2.24, 2.45) is 0 Å². The van der Waals surface area contributed by atoms with Crippen LogP contribution in [0.1, 0.15) is 33.4 Å². The van der Waals surface area contributed by atoms with Gasteiger partial charge in [-0.15, -0.1) is 12.4 Å². The second kappa shape index (κ2) is 9.24. The van der Waals surface area contributed by atoms with Gasteiger partial charge in [-0.2, -0.15) is 5.10 Å². The molecule has 1 aromatic heterocycles. The zero-order chi connectivity index (χ0) is 18.8. The number of amides is 1. The number of likely N-dealkylation sites (N-methyl/N-ethyl adjacent to an activating group) is 1. The Labute approximate surface area is 175 Å². The van der Waals surface area contributed by atoms with Crippen LogP contribution in [0.5, 0.6) is 0 Å². The highest BCUT2D eigenvalue weighted by Crippen LogP contribution is 2.25. The van der Waals surface area contributed by atoms with Crippen LogP contribution in [-0.2, 0) is 17.7 Å². The van der Waals surface area contributed by atoms with Crippen molar-refractivity contribution in [1.29, 1.82) is 0 Å². The summed E-state index contributed by atoms with van der Waals surface area (Å²) in [6, 6.07) is 7.27. The molecule has 0 saturated carbocycles. The molecular formula is C19H25Cl2N5O2. The van der Waals surface area contributed by atoms with Crippen LogP contribution >= 0.6 is 24.0 Å². The lowest BCUT2D eigenvalue weighted by Gasteiger charge is -2.35. The first kappa shape index (κ1) is 21.1. The number of H-pyrrole nitrogens is 1. The molecule has 1 amide bonds. The SMILES string of the molecule is CN1CCOC(C(NC(=O)c2n[nH]c3c2CNCC3)c2ccc(Cl)cc2)C1.Cl. The van der Waals surface area contributed by atoms with Gasteiger partial charge in [-0.3, -0.25) is 9.89 Å². The average molecular weight is 426 g/mol. The number of aromatic nitrogens is 2. The van der Waals surface area contributed by atoms with Gasteiger partial charge in [0.1, 0.15) is 0 Å². The fourth-order valence-corrected chi connectivity index (χ4v) is 3.82. The van der Waals surface area contributed by atoms with Crippen molar-refractivity contribution in [2.75, 3.05) is 33.3 Å². The van der Waals surface area contributed by atoms with E-state index in [-0.39, 0.29) is 30.5 Å². The van der Waals surface area contributed by atoms with Gasteiger partial charge in [0.05, 0.1) is 18.8 Å². The lowest BCUT2D eigenvalue weighted by molar-refractivity contribution is -0.0381. The molecule has 3 N–H and O–H groups in total. The molecule has 4 rings (SSSR count). The third kappa shape index (κ3) is 4.50. The van der Waals surface area contributed by atoms with Gasteiger partial charge in [0.25, 0.3) is 5.91 Å². The monoisotopic (exact) mass is 425 g/mol. The Morgan fingerprint density at radius 1 is 1.39 bits per heavy atom. The zero-order valence-electron chi connectivity index (χ0n) is 15.7. The molecular weight excluding hydrogens is 401 g/mol. The molecule has 2 unspecified atom stereocenters. The molecule has 0 radical (unpaired) electrons.